The molecule has 1 rings (SSSR count). The van der Waals surface area contributed by atoms with Gasteiger partial charge in [0.25, 0.3) is 0 Å². The quantitative estimate of drug-likeness (QED) is 0.704. The number of hydrogen-bond acceptors (Lipinski definition) is 2. The molecular formula is C14H22FNO. The molecular weight excluding hydrogens is 217 g/mol. The second kappa shape index (κ2) is 8.20. The van der Waals surface area contributed by atoms with Crippen LogP contribution in [0.2, 0.25) is 0 Å². The fraction of sp³-hybridized carbons (Fsp3) is 0.571. The Morgan fingerprint density at radius 3 is 2.53 bits per heavy atom. The van der Waals surface area contributed by atoms with Crippen molar-refractivity contribution >= 4 is 0 Å². The SMILES string of the molecule is CC(C)OCCCCNCc1ccc(F)cc1. The monoisotopic (exact) mass is 239 g/mol. The van der Waals surface area contributed by atoms with Gasteiger partial charge in [0.1, 0.15) is 5.82 Å². The molecule has 0 heterocycles. The molecule has 17 heavy (non-hydrogen) atoms. The number of halogens is 1. The predicted octanol–water partition coefficient (Wildman–Crippen LogP) is 3.12. The van der Waals surface area contributed by atoms with Crippen molar-refractivity contribution in [2.24, 2.45) is 0 Å². The van der Waals surface area contributed by atoms with Crippen molar-refractivity contribution in [2.75, 3.05) is 13.2 Å². The molecule has 0 saturated carbocycles. The summed E-state index contributed by atoms with van der Waals surface area (Å²) < 4.78 is 18.1. The summed E-state index contributed by atoms with van der Waals surface area (Å²) in [5.74, 6) is -0.181. The molecule has 1 aromatic carbocycles. The molecule has 0 aromatic heterocycles. The smallest absolute Gasteiger partial charge is 0.123 e. The molecule has 2 nitrogen and oxygen atoms in total. The van der Waals surface area contributed by atoms with Crippen LogP contribution >= 0.6 is 0 Å². The van der Waals surface area contributed by atoms with Crippen LogP contribution in [0, 0.1) is 5.82 Å². The molecule has 0 bridgehead atoms. The zero-order valence-corrected chi connectivity index (χ0v) is 10.7. The van der Waals surface area contributed by atoms with Crippen LogP contribution in [-0.2, 0) is 11.3 Å². The lowest BCUT2D eigenvalue weighted by atomic mass is 10.2. The Morgan fingerprint density at radius 1 is 1.18 bits per heavy atom. The topological polar surface area (TPSA) is 21.3 Å². The van der Waals surface area contributed by atoms with Crippen molar-refractivity contribution in [2.45, 2.75) is 39.3 Å². The van der Waals surface area contributed by atoms with E-state index in [9.17, 15) is 4.39 Å². The highest BCUT2D eigenvalue weighted by Gasteiger charge is 1.95. The summed E-state index contributed by atoms with van der Waals surface area (Å²) in [6, 6.07) is 6.61. The Morgan fingerprint density at radius 2 is 1.88 bits per heavy atom. The van der Waals surface area contributed by atoms with Crippen molar-refractivity contribution in [3.63, 3.8) is 0 Å². The van der Waals surface area contributed by atoms with E-state index in [0.717, 1.165) is 38.1 Å². The van der Waals surface area contributed by atoms with Crippen molar-refractivity contribution in [3.05, 3.63) is 35.6 Å². The number of nitrogens with one attached hydrogen (secondary N) is 1. The van der Waals surface area contributed by atoms with Crippen LogP contribution in [0.4, 0.5) is 4.39 Å². The minimum Gasteiger partial charge on any atom is -0.379 e. The van der Waals surface area contributed by atoms with Crippen LogP contribution in [0.5, 0.6) is 0 Å². The molecule has 1 N–H and O–H groups in total. The van der Waals surface area contributed by atoms with Gasteiger partial charge in [0.15, 0.2) is 0 Å². The van der Waals surface area contributed by atoms with E-state index in [1.165, 1.54) is 12.1 Å². The Bertz CT molecular complexity index is 298. The maximum absolute atomic E-state index is 12.6. The highest BCUT2D eigenvalue weighted by molar-refractivity contribution is 5.15. The summed E-state index contributed by atoms with van der Waals surface area (Å²) in [4.78, 5) is 0. The molecule has 0 radical (unpaired) electrons. The van der Waals surface area contributed by atoms with Gasteiger partial charge in [0.2, 0.25) is 0 Å². The van der Waals surface area contributed by atoms with Crippen LogP contribution in [0.3, 0.4) is 0 Å². The molecule has 0 atom stereocenters. The molecule has 0 amide bonds. The van der Waals surface area contributed by atoms with Crippen molar-refractivity contribution in [1.29, 1.82) is 0 Å². The Labute approximate surface area is 103 Å². The second-order valence-electron chi connectivity index (χ2n) is 4.43. The van der Waals surface area contributed by atoms with Gasteiger partial charge in [-0.1, -0.05) is 12.1 Å². The standard InChI is InChI=1S/C14H22FNO/c1-12(2)17-10-4-3-9-16-11-13-5-7-14(15)8-6-13/h5-8,12,16H,3-4,9-11H2,1-2H3. The number of benzene rings is 1. The lowest BCUT2D eigenvalue weighted by molar-refractivity contribution is 0.0760. The van der Waals surface area contributed by atoms with Crippen molar-refractivity contribution < 1.29 is 9.13 Å². The highest BCUT2D eigenvalue weighted by Crippen LogP contribution is 2.02. The first-order chi connectivity index (χ1) is 8.18. The number of rotatable bonds is 8. The van der Waals surface area contributed by atoms with E-state index in [-0.39, 0.29) is 5.82 Å². The minimum absolute atomic E-state index is 0.181. The Kier molecular flexibility index (Phi) is 6.82. The van der Waals surface area contributed by atoms with Gasteiger partial charge < -0.3 is 10.1 Å². The minimum atomic E-state index is -0.181. The average Bonchev–Trinajstić information content (AvgIpc) is 2.30. The summed E-state index contributed by atoms with van der Waals surface area (Å²) in [7, 11) is 0. The van der Waals surface area contributed by atoms with E-state index >= 15 is 0 Å². The molecule has 0 spiro atoms. The van der Waals surface area contributed by atoms with Crippen molar-refractivity contribution in [3.8, 4) is 0 Å². The molecule has 0 aliphatic carbocycles. The van der Waals surface area contributed by atoms with E-state index in [1.54, 1.807) is 0 Å². The maximum Gasteiger partial charge on any atom is 0.123 e. The summed E-state index contributed by atoms with van der Waals surface area (Å²) in [6.07, 6.45) is 2.50. The van der Waals surface area contributed by atoms with Gasteiger partial charge in [-0.25, -0.2) is 4.39 Å². The number of hydrogen-bond donors (Lipinski definition) is 1. The zero-order valence-electron chi connectivity index (χ0n) is 10.7. The normalized spacial score (nSPS) is 11.1. The van der Waals surface area contributed by atoms with Gasteiger partial charge in [0, 0.05) is 13.2 Å². The van der Waals surface area contributed by atoms with E-state index in [0.29, 0.717) is 6.10 Å². The number of unbranched alkanes of at least 4 members (excludes halogenated alkanes) is 1. The molecule has 1 aromatic rings. The fourth-order valence-electron chi connectivity index (χ4n) is 1.51. The first-order valence-corrected chi connectivity index (χ1v) is 6.25. The van der Waals surface area contributed by atoms with Gasteiger partial charge in [-0.3, -0.25) is 0 Å². The van der Waals surface area contributed by atoms with Crippen LogP contribution < -0.4 is 5.32 Å². The van der Waals surface area contributed by atoms with Crippen LogP contribution in [0.1, 0.15) is 32.3 Å². The molecule has 0 aliphatic rings. The van der Waals surface area contributed by atoms with Crippen LogP contribution in [-0.4, -0.2) is 19.3 Å². The second-order valence-corrected chi connectivity index (χ2v) is 4.43. The summed E-state index contributed by atoms with van der Waals surface area (Å²) in [5, 5.41) is 3.33. The largest absolute Gasteiger partial charge is 0.379 e. The third-order valence-electron chi connectivity index (χ3n) is 2.44. The average molecular weight is 239 g/mol. The van der Waals surface area contributed by atoms with Gasteiger partial charge in [0.05, 0.1) is 6.10 Å². The van der Waals surface area contributed by atoms with Crippen molar-refractivity contribution in [1.82, 2.24) is 5.32 Å². The maximum atomic E-state index is 12.6. The Hall–Kier alpha value is -0.930. The van der Waals surface area contributed by atoms with Gasteiger partial charge in [-0.15, -0.1) is 0 Å². The molecule has 0 unspecified atom stereocenters. The summed E-state index contributed by atoms with van der Waals surface area (Å²) >= 11 is 0. The van der Waals surface area contributed by atoms with Crippen LogP contribution in [0.25, 0.3) is 0 Å². The Balaban J connectivity index is 1.99. The molecule has 0 saturated heterocycles. The van der Waals surface area contributed by atoms with Gasteiger partial charge >= 0.3 is 0 Å². The molecule has 0 aliphatic heterocycles. The number of ether oxygens (including phenoxy) is 1. The van der Waals surface area contributed by atoms with Crippen LogP contribution in [0.15, 0.2) is 24.3 Å². The third-order valence-corrected chi connectivity index (χ3v) is 2.44. The van der Waals surface area contributed by atoms with Gasteiger partial charge in [-0.2, -0.15) is 0 Å². The highest BCUT2D eigenvalue weighted by atomic mass is 19.1. The van der Waals surface area contributed by atoms with E-state index in [2.05, 4.69) is 5.32 Å². The summed E-state index contributed by atoms with van der Waals surface area (Å²) in [5.41, 5.74) is 1.12. The predicted molar refractivity (Wildman–Crippen MR) is 68.4 cm³/mol. The first kappa shape index (κ1) is 14.1. The lowest BCUT2D eigenvalue weighted by Crippen LogP contribution is -2.15. The third kappa shape index (κ3) is 7.08. The van der Waals surface area contributed by atoms with E-state index in [4.69, 9.17) is 4.74 Å². The lowest BCUT2D eigenvalue weighted by Gasteiger charge is -2.08. The summed E-state index contributed by atoms with van der Waals surface area (Å²) in [6.45, 7) is 6.69. The molecule has 0 fully saturated rings. The zero-order chi connectivity index (χ0) is 12.5. The molecule has 3 heteroatoms. The first-order valence-electron chi connectivity index (χ1n) is 6.25. The molecule has 96 valence electrons. The van der Waals surface area contributed by atoms with E-state index in [1.807, 2.05) is 26.0 Å². The van der Waals surface area contributed by atoms with Gasteiger partial charge in [-0.05, 0) is 50.9 Å². The van der Waals surface area contributed by atoms with E-state index < -0.39 is 0 Å². The fourth-order valence-corrected chi connectivity index (χ4v) is 1.51.